The Labute approximate surface area is 454 Å². The number of rotatable bonds is 4. The molecule has 4 aromatic carbocycles. The van der Waals surface area contributed by atoms with Crippen LogP contribution in [0.3, 0.4) is 0 Å². The third kappa shape index (κ3) is 15.2. The Balaban J connectivity index is 1.36. The van der Waals surface area contributed by atoms with E-state index >= 15 is 0 Å². The van der Waals surface area contributed by atoms with Gasteiger partial charge in [0.05, 0.1) is 94.7 Å². The van der Waals surface area contributed by atoms with Crippen LogP contribution in [-0.4, -0.2) is 200 Å². The molecule has 0 fully saturated rings. The normalized spacial score (nSPS) is 20.8. The first-order chi connectivity index (χ1) is 38.1. The molecule has 2 unspecified atom stereocenters. The van der Waals surface area contributed by atoms with Gasteiger partial charge in [-0.3, -0.25) is 58.1 Å². The number of nitrogens with zero attached hydrogens (tertiary/aromatic N) is 4. The van der Waals surface area contributed by atoms with Gasteiger partial charge in [0.2, 0.25) is 0 Å². The predicted molar refractivity (Wildman–Crippen MR) is 290 cm³/mol. The zero-order valence-corrected chi connectivity index (χ0v) is 43.4. The van der Waals surface area contributed by atoms with E-state index in [1.807, 2.05) is 9.80 Å². The number of hydrogen-bond acceptors (Lipinski definition) is 17. The topological polar surface area (TPSA) is 371 Å². The monoisotopic (exact) mass is 1090 g/mol. The van der Waals surface area contributed by atoms with Crippen molar-refractivity contribution < 1.29 is 58.8 Å². The summed E-state index contributed by atoms with van der Waals surface area (Å²) in [7, 11) is 0. The van der Waals surface area contributed by atoms with E-state index in [9.17, 15) is 58.8 Å². The highest BCUT2D eigenvalue weighted by Crippen LogP contribution is 2.26. The maximum atomic E-state index is 14.2. The molecule has 0 saturated carbocycles. The Morgan fingerprint density at radius 2 is 0.734 bits per heavy atom. The Morgan fingerprint density at radius 3 is 1.09 bits per heavy atom. The molecule has 0 spiro atoms. The van der Waals surface area contributed by atoms with E-state index < -0.39 is 76.3 Å². The number of phenols is 4. The zero-order valence-electron chi connectivity index (χ0n) is 43.4. The summed E-state index contributed by atoms with van der Waals surface area (Å²) in [4.78, 5) is 124. The van der Waals surface area contributed by atoms with Gasteiger partial charge in [-0.15, -0.1) is 0 Å². The van der Waals surface area contributed by atoms with Gasteiger partial charge < -0.3 is 68.7 Å². The molecule has 4 aromatic rings. The second-order valence-electron chi connectivity index (χ2n) is 18.7. The number of aliphatic imine (C=N–C) groups is 2. The number of benzene rings is 4. The lowest BCUT2D eigenvalue weighted by molar-refractivity contribution is 0.0915. The number of aromatic hydroxyl groups is 4. The molecule has 9 rings (SSSR count). The summed E-state index contributed by atoms with van der Waals surface area (Å²) >= 11 is 0. The highest BCUT2D eigenvalue weighted by atomic mass is 16.3. The first-order valence-corrected chi connectivity index (χ1v) is 25.9. The molecule has 8 amide bonds. The van der Waals surface area contributed by atoms with E-state index in [0.29, 0.717) is 19.4 Å². The fraction of sp³-hybridized carbons (Fsp3) is 0.370. The van der Waals surface area contributed by atoms with E-state index in [-0.39, 0.29) is 161 Å². The number of carbonyl (C=O) groups excluding carboxylic acids is 8. The smallest absolute Gasteiger partial charge is 0.255 e. The lowest BCUT2D eigenvalue weighted by Crippen LogP contribution is -2.46. The lowest BCUT2D eigenvalue weighted by Gasteiger charge is -2.28. The van der Waals surface area contributed by atoms with Gasteiger partial charge in [-0.25, -0.2) is 0 Å². The van der Waals surface area contributed by atoms with Crippen molar-refractivity contribution in [3.05, 3.63) is 117 Å². The molecule has 5 aliphatic heterocycles. The van der Waals surface area contributed by atoms with E-state index in [1.165, 1.54) is 72.8 Å². The molecule has 5 aliphatic rings. The van der Waals surface area contributed by atoms with Gasteiger partial charge in [0.15, 0.2) is 0 Å². The molecular weight excluding hydrogens is 1020 g/mol. The van der Waals surface area contributed by atoms with E-state index in [2.05, 4.69) is 47.5 Å². The molecule has 12 bridgehead atoms. The highest BCUT2D eigenvalue weighted by molar-refractivity contribution is 6.09. The first-order valence-electron chi connectivity index (χ1n) is 25.9. The molecule has 25 nitrogen and oxygen atoms in total. The molecule has 5 heterocycles. The van der Waals surface area contributed by atoms with Crippen molar-refractivity contribution in [3.63, 3.8) is 0 Å². The summed E-state index contributed by atoms with van der Waals surface area (Å²) in [5, 5.41) is 67.7. The van der Waals surface area contributed by atoms with Gasteiger partial charge in [-0.05, 0) is 74.3 Å². The fourth-order valence-electron chi connectivity index (χ4n) is 9.02. The van der Waals surface area contributed by atoms with Gasteiger partial charge in [0.25, 0.3) is 47.3 Å². The van der Waals surface area contributed by atoms with Crippen LogP contribution in [0.5, 0.6) is 23.0 Å². The van der Waals surface area contributed by atoms with Crippen molar-refractivity contribution in [2.75, 3.05) is 105 Å². The molecule has 2 atom stereocenters. The quantitative estimate of drug-likeness (QED) is 0.114. The van der Waals surface area contributed by atoms with Crippen LogP contribution in [0.4, 0.5) is 0 Å². The third-order valence-corrected chi connectivity index (χ3v) is 13.4. The van der Waals surface area contributed by atoms with Gasteiger partial charge in [0.1, 0.15) is 23.0 Å². The fourth-order valence-corrected chi connectivity index (χ4v) is 9.02. The van der Waals surface area contributed by atoms with E-state index in [4.69, 9.17) is 10.7 Å². The summed E-state index contributed by atoms with van der Waals surface area (Å²) in [6.45, 7) is 0.184. The van der Waals surface area contributed by atoms with Gasteiger partial charge in [0, 0.05) is 65.4 Å². The van der Waals surface area contributed by atoms with Crippen LogP contribution in [0, 0.1) is 0 Å². The van der Waals surface area contributed by atoms with E-state index in [1.54, 1.807) is 0 Å². The number of nitrogens with one attached hydrogen (secondary N) is 8. The first kappa shape index (κ1) is 57.8. The van der Waals surface area contributed by atoms with Gasteiger partial charge in [-0.1, -0.05) is 24.3 Å². The Morgan fingerprint density at radius 1 is 0.418 bits per heavy atom. The Bertz CT molecular complexity index is 2930. The number of carbonyl (C=O) groups is 8. The van der Waals surface area contributed by atoms with Crippen molar-refractivity contribution in [3.8, 4) is 23.0 Å². The SMILES string of the molecule is NCCCCC1NC(=O)c2cccc(c2O)C(=O)NCCN2CCNC(=O)c3cccc(c3O)C(=O)NC/C1=N\CCN=C1CNC(=O)c3cccc(c3O)C(=O)NCCN(CCNC(=O)c3cccc(c3O)C(=O)NC1)CC2. The predicted octanol–water partition coefficient (Wildman–Crippen LogP) is -0.528. The average molecular weight is 1090 g/mol. The summed E-state index contributed by atoms with van der Waals surface area (Å²) in [6, 6.07) is 15.5. The van der Waals surface area contributed by atoms with Crippen LogP contribution < -0.4 is 48.3 Å². The minimum absolute atomic E-state index is 0.00242. The molecule has 0 aliphatic carbocycles. The minimum Gasteiger partial charge on any atom is -0.506 e. The molecule has 0 radical (unpaired) electrons. The Hall–Kier alpha value is -8.94. The summed E-state index contributed by atoms with van der Waals surface area (Å²) in [6.07, 6.45) is 1.18. The summed E-state index contributed by atoms with van der Waals surface area (Å²) in [5.74, 6) is -8.31. The summed E-state index contributed by atoms with van der Waals surface area (Å²) < 4.78 is 0. The van der Waals surface area contributed by atoms with Crippen molar-refractivity contribution in [2.24, 2.45) is 15.7 Å². The van der Waals surface area contributed by atoms with Crippen molar-refractivity contribution in [1.82, 2.24) is 52.3 Å². The van der Waals surface area contributed by atoms with Crippen molar-refractivity contribution >= 4 is 58.7 Å². The second-order valence-corrected chi connectivity index (χ2v) is 18.7. The van der Waals surface area contributed by atoms with Crippen molar-refractivity contribution in [1.29, 1.82) is 0 Å². The van der Waals surface area contributed by atoms with Crippen LogP contribution in [0.2, 0.25) is 0 Å². The molecule has 79 heavy (non-hydrogen) atoms. The van der Waals surface area contributed by atoms with Crippen LogP contribution >= 0.6 is 0 Å². The second kappa shape index (κ2) is 27.9. The molecule has 25 heteroatoms. The largest absolute Gasteiger partial charge is 0.506 e. The molecule has 0 aromatic heterocycles. The standard InChI is InChI=1S/C54H65N13O12/c55-16-2-1-15-41-42-31-64-53(78)39-13-5-9-35(45(39)70)49(74)60-21-25-67(26-22-61-50(75)36-10-6-14-40(46(36)71)54(79)65-41)28-27-66-23-19-58-47(72)33-7-3-11-37(43(33)68)51(76)62-29-32(56-17-18-57-42)30-63-52(77)38-12-4-8-34(44(38)69)48(73)59-20-24-66/h3-14,41,68-71H,1-2,15-31,55H2,(H,58,72)(H,59,73)(H,60,74)(H,61,75)(H,62,76)(H,63,77)(H,64,78)(H,65,79)/b57-42+. The average Bonchev–Trinajstić information content (AvgIpc) is 3.44. The molecule has 0 saturated heterocycles. The number of nitrogens with two attached hydrogens (primary N) is 1. The number of hydrogen-bond donors (Lipinski definition) is 13. The van der Waals surface area contributed by atoms with Crippen LogP contribution in [-0.2, 0) is 0 Å². The van der Waals surface area contributed by atoms with E-state index in [0.717, 1.165) is 0 Å². The minimum atomic E-state index is -0.958. The lowest BCUT2D eigenvalue weighted by atomic mass is 10.0. The number of para-hydroxylation sites is 4. The third-order valence-electron chi connectivity index (χ3n) is 13.4. The van der Waals surface area contributed by atoms with Crippen LogP contribution in [0.15, 0.2) is 82.8 Å². The van der Waals surface area contributed by atoms with Crippen molar-refractivity contribution in [2.45, 2.75) is 25.3 Å². The molecule has 418 valence electrons. The zero-order chi connectivity index (χ0) is 56.4. The number of unbranched alkanes of at least 4 members (excludes halogenated alkanes) is 1. The number of amides is 8. The maximum absolute atomic E-state index is 14.2. The van der Waals surface area contributed by atoms with Gasteiger partial charge in [-0.2, -0.15) is 0 Å². The highest BCUT2D eigenvalue weighted by Gasteiger charge is 2.27. The number of fused-ring (bicyclic) bond motifs is 10. The summed E-state index contributed by atoms with van der Waals surface area (Å²) in [5.41, 5.74) is 4.52. The number of phenolic OH excluding ortho intramolecular Hbond substituents is 4. The van der Waals surface area contributed by atoms with Crippen LogP contribution in [0.25, 0.3) is 0 Å². The Kier molecular flexibility index (Phi) is 20.4. The molecule has 14 N–H and O–H groups in total. The maximum Gasteiger partial charge on any atom is 0.255 e. The van der Waals surface area contributed by atoms with Crippen LogP contribution in [0.1, 0.15) is 102 Å². The molecular formula is C54H65N13O12. The van der Waals surface area contributed by atoms with Gasteiger partial charge >= 0.3 is 0 Å².